The van der Waals surface area contributed by atoms with E-state index in [0.717, 1.165) is 0 Å². The van der Waals surface area contributed by atoms with E-state index in [1.54, 1.807) is 36.5 Å². The van der Waals surface area contributed by atoms with Crippen molar-refractivity contribution >= 4 is 23.7 Å². The van der Waals surface area contributed by atoms with E-state index in [9.17, 15) is 9.59 Å². The predicted octanol–water partition coefficient (Wildman–Crippen LogP) is 4.09. The highest BCUT2D eigenvalue weighted by atomic mass is 16.5. The maximum atomic E-state index is 13.4. The van der Waals surface area contributed by atoms with Crippen molar-refractivity contribution < 1.29 is 19.1 Å². The molecule has 0 aromatic heterocycles. The van der Waals surface area contributed by atoms with E-state index in [1.807, 2.05) is 19.1 Å². The Morgan fingerprint density at radius 2 is 1.69 bits per heavy atom. The normalized spacial score (nSPS) is 17.6. The molecule has 2 atom stereocenters. The fraction of sp³-hybridized carbons (Fsp3) is 0.348. The summed E-state index contributed by atoms with van der Waals surface area (Å²) in [6, 6.07) is 12.2. The van der Waals surface area contributed by atoms with E-state index in [0.29, 0.717) is 34.2 Å². The average molecular weight is 394 g/mol. The molecule has 1 aliphatic heterocycles. The van der Waals surface area contributed by atoms with Gasteiger partial charge in [0.1, 0.15) is 0 Å². The summed E-state index contributed by atoms with van der Waals surface area (Å²) < 4.78 is 10.6. The summed E-state index contributed by atoms with van der Waals surface area (Å²) in [4.78, 5) is 32.3. The lowest BCUT2D eigenvalue weighted by Crippen LogP contribution is -2.45. The number of methoxy groups -OCH3 is 2. The number of imide groups is 1. The molecule has 1 heterocycles. The second-order valence-electron chi connectivity index (χ2n) is 7.37. The minimum Gasteiger partial charge on any atom is -0.493 e. The van der Waals surface area contributed by atoms with Gasteiger partial charge in [-0.25, -0.2) is 4.90 Å². The van der Waals surface area contributed by atoms with Gasteiger partial charge in [-0.2, -0.15) is 0 Å². The number of rotatable bonds is 6. The molecule has 2 amide bonds. The van der Waals surface area contributed by atoms with Crippen molar-refractivity contribution in [3.05, 3.63) is 53.6 Å². The van der Waals surface area contributed by atoms with Crippen LogP contribution in [0.25, 0.3) is 0 Å². The van der Waals surface area contributed by atoms with E-state index >= 15 is 0 Å². The summed E-state index contributed by atoms with van der Waals surface area (Å²) in [6.45, 7) is 6.17. The Morgan fingerprint density at radius 3 is 2.34 bits per heavy atom. The van der Waals surface area contributed by atoms with Crippen LogP contribution in [0.1, 0.15) is 42.6 Å². The van der Waals surface area contributed by atoms with Crippen LogP contribution in [0.3, 0.4) is 0 Å². The Balaban J connectivity index is 2.08. The summed E-state index contributed by atoms with van der Waals surface area (Å²) in [7, 11) is 3.05. The molecule has 29 heavy (non-hydrogen) atoms. The van der Waals surface area contributed by atoms with E-state index < -0.39 is 5.92 Å². The number of hydrogen-bond acceptors (Lipinski definition) is 5. The third-order valence-corrected chi connectivity index (χ3v) is 5.28. The number of fused-ring (bicyclic) bond motifs is 1. The largest absolute Gasteiger partial charge is 0.493 e. The van der Waals surface area contributed by atoms with Crippen molar-refractivity contribution in [3.63, 3.8) is 0 Å². The molecular formula is C23H26N2O4. The molecule has 0 N–H and O–H groups in total. The molecule has 6 nitrogen and oxygen atoms in total. The number of amides is 2. The maximum Gasteiger partial charge on any atom is 0.265 e. The summed E-state index contributed by atoms with van der Waals surface area (Å²) in [5.41, 5.74) is 1.61. The van der Waals surface area contributed by atoms with Crippen LogP contribution in [0, 0.1) is 5.92 Å². The summed E-state index contributed by atoms with van der Waals surface area (Å²) in [6.07, 6.45) is 1.67. The topological polar surface area (TPSA) is 68.2 Å². The molecule has 0 fully saturated rings. The van der Waals surface area contributed by atoms with Gasteiger partial charge < -0.3 is 9.47 Å². The number of ether oxygens (including phenoxy) is 2. The lowest BCUT2D eigenvalue weighted by atomic mass is 9.88. The smallest absolute Gasteiger partial charge is 0.265 e. The molecule has 0 saturated heterocycles. The van der Waals surface area contributed by atoms with Crippen molar-refractivity contribution in [2.24, 2.45) is 10.9 Å². The van der Waals surface area contributed by atoms with E-state index in [4.69, 9.17) is 9.47 Å². The number of hydrogen-bond donors (Lipinski definition) is 0. The highest BCUT2D eigenvalue weighted by Crippen LogP contribution is 2.36. The molecule has 1 aliphatic rings. The molecule has 0 aliphatic carbocycles. The molecule has 0 spiro atoms. The third kappa shape index (κ3) is 3.88. The monoisotopic (exact) mass is 394 g/mol. The zero-order chi connectivity index (χ0) is 21.1. The number of carbonyl (C=O) groups excluding carboxylic acids is 2. The van der Waals surface area contributed by atoms with Gasteiger partial charge in [0, 0.05) is 23.9 Å². The Hall–Kier alpha value is -3.15. The molecule has 1 unspecified atom stereocenters. The minimum atomic E-state index is -0.627. The van der Waals surface area contributed by atoms with Gasteiger partial charge in [-0.3, -0.25) is 14.6 Å². The van der Waals surface area contributed by atoms with Gasteiger partial charge in [-0.05, 0) is 36.6 Å². The standard InChI is InChI=1S/C23H26N2O4/c1-14(2)15(3)24-13-19-17-8-6-7-9-18(17)22(26)25(23(19)27)16-10-11-20(28-4)21(12-16)29-5/h6-15,19H,1-5H3/t15-,19?/m1/s1. The molecule has 0 bridgehead atoms. The molecule has 3 rings (SSSR count). The van der Waals surface area contributed by atoms with E-state index in [2.05, 4.69) is 18.8 Å². The second kappa shape index (κ2) is 8.47. The van der Waals surface area contributed by atoms with Gasteiger partial charge in [0.05, 0.1) is 25.8 Å². The first-order chi connectivity index (χ1) is 13.9. The van der Waals surface area contributed by atoms with E-state index in [-0.39, 0.29) is 17.9 Å². The van der Waals surface area contributed by atoms with Crippen LogP contribution in [0.2, 0.25) is 0 Å². The first kappa shape index (κ1) is 20.6. The van der Waals surface area contributed by atoms with Gasteiger partial charge in [-0.15, -0.1) is 0 Å². The first-order valence-electron chi connectivity index (χ1n) is 9.61. The molecule has 0 radical (unpaired) electrons. The van der Waals surface area contributed by atoms with Gasteiger partial charge in [-0.1, -0.05) is 32.0 Å². The Morgan fingerprint density at radius 1 is 1.00 bits per heavy atom. The van der Waals surface area contributed by atoms with Crippen molar-refractivity contribution in [2.75, 3.05) is 19.1 Å². The Bertz CT molecular complexity index is 952. The van der Waals surface area contributed by atoms with Crippen LogP contribution in [-0.4, -0.2) is 38.3 Å². The summed E-state index contributed by atoms with van der Waals surface area (Å²) in [5, 5.41) is 0. The van der Waals surface area contributed by atoms with Crippen LogP contribution in [0.4, 0.5) is 5.69 Å². The van der Waals surface area contributed by atoms with Crippen molar-refractivity contribution in [3.8, 4) is 11.5 Å². The van der Waals surface area contributed by atoms with Crippen LogP contribution in [-0.2, 0) is 4.79 Å². The Kier molecular flexibility index (Phi) is 6.01. The van der Waals surface area contributed by atoms with Crippen LogP contribution < -0.4 is 14.4 Å². The highest BCUT2D eigenvalue weighted by molar-refractivity contribution is 6.29. The number of aliphatic imine (C=N–C) groups is 1. The number of carbonyl (C=O) groups is 2. The Labute approximate surface area is 171 Å². The summed E-state index contributed by atoms with van der Waals surface area (Å²) in [5.74, 6) is 0.00232. The molecule has 152 valence electrons. The predicted molar refractivity (Wildman–Crippen MR) is 113 cm³/mol. The molecule has 2 aromatic rings. The van der Waals surface area contributed by atoms with E-state index in [1.165, 1.54) is 19.1 Å². The van der Waals surface area contributed by atoms with Gasteiger partial charge >= 0.3 is 0 Å². The average Bonchev–Trinajstić information content (AvgIpc) is 2.73. The number of nitrogens with zero attached hydrogens (tertiary/aromatic N) is 2. The quantitative estimate of drug-likeness (QED) is 0.547. The number of anilines is 1. The van der Waals surface area contributed by atoms with Crippen molar-refractivity contribution in [1.82, 2.24) is 0 Å². The van der Waals surface area contributed by atoms with Crippen molar-refractivity contribution in [2.45, 2.75) is 32.7 Å². The van der Waals surface area contributed by atoms with Crippen LogP contribution in [0.15, 0.2) is 47.5 Å². The fourth-order valence-corrected chi connectivity index (χ4v) is 3.20. The first-order valence-corrected chi connectivity index (χ1v) is 9.61. The molecule has 2 aromatic carbocycles. The molecular weight excluding hydrogens is 368 g/mol. The second-order valence-corrected chi connectivity index (χ2v) is 7.37. The zero-order valence-electron chi connectivity index (χ0n) is 17.4. The lowest BCUT2D eigenvalue weighted by molar-refractivity contribution is -0.118. The van der Waals surface area contributed by atoms with Crippen LogP contribution >= 0.6 is 0 Å². The number of benzene rings is 2. The lowest BCUT2D eigenvalue weighted by Gasteiger charge is -2.31. The van der Waals surface area contributed by atoms with Gasteiger partial charge in [0.2, 0.25) is 5.91 Å². The maximum absolute atomic E-state index is 13.4. The molecule has 6 heteroatoms. The summed E-state index contributed by atoms with van der Waals surface area (Å²) >= 11 is 0. The SMILES string of the molecule is COc1ccc(N2C(=O)c3ccccc3C(C=N[C@H](C)C(C)C)C2=O)cc1OC. The van der Waals surface area contributed by atoms with Gasteiger partial charge in [0.25, 0.3) is 5.91 Å². The fourth-order valence-electron chi connectivity index (χ4n) is 3.20. The minimum absolute atomic E-state index is 0.0714. The third-order valence-electron chi connectivity index (χ3n) is 5.28. The molecule has 0 saturated carbocycles. The highest BCUT2D eigenvalue weighted by Gasteiger charge is 2.39. The zero-order valence-corrected chi connectivity index (χ0v) is 17.4. The van der Waals surface area contributed by atoms with Crippen LogP contribution in [0.5, 0.6) is 11.5 Å². The van der Waals surface area contributed by atoms with Gasteiger partial charge in [0.15, 0.2) is 11.5 Å². The van der Waals surface area contributed by atoms with Crippen molar-refractivity contribution in [1.29, 1.82) is 0 Å².